The van der Waals surface area contributed by atoms with Crippen LogP contribution in [0.2, 0.25) is 0 Å². The highest BCUT2D eigenvalue weighted by Crippen LogP contribution is 2.05. The van der Waals surface area contributed by atoms with E-state index in [0.717, 1.165) is 25.2 Å². The van der Waals surface area contributed by atoms with Gasteiger partial charge in [-0.1, -0.05) is 12.1 Å². The van der Waals surface area contributed by atoms with E-state index in [9.17, 15) is 4.39 Å². The summed E-state index contributed by atoms with van der Waals surface area (Å²) in [5.41, 5.74) is 1.01. The standard InChI is InChI=1S/C12H17FN2.ClH/c13-11-4-1-3-10(7-11)8-14-9-12-5-2-6-15-12;/h1,3-4,7,12,14-15H,2,5-6,8-9H2;1H. The second-order valence-corrected chi connectivity index (χ2v) is 4.05. The fourth-order valence-corrected chi connectivity index (χ4v) is 1.97. The monoisotopic (exact) mass is 244 g/mol. The molecule has 1 unspecified atom stereocenters. The summed E-state index contributed by atoms with van der Waals surface area (Å²) in [4.78, 5) is 0. The summed E-state index contributed by atoms with van der Waals surface area (Å²) in [5, 5.41) is 6.76. The summed E-state index contributed by atoms with van der Waals surface area (Å²) < 4.78 is 12.9. The van der Waals surface area contributed by atoms with E-state index in [1.807, 2.05) is 6.07 Å². The second kappa shape index (κ2) is 6.84. The van der Waals surface area contributed by atoms with E-state index < -0.39 is 0 Å². The van der Waals surface area contributed by atoms with Crippen molar-refractivity contribution in [1.82, 2.24) is 10.6 Å². The minimum atomic E-state index is -0.159. The SMILES string of the molecule is Cl.Fc1cccc(CNCC2CCCN2)c1. The van der Waals surface area contributed by atoms with E-state index in [2.05, 4.69) is 10.6 Å². The van der Waals surface area contributed by atoms with E-state index >= 15 is 0 Å². The molecule has 0 bridgehead atoms. The number of nitrogens with one attached hydrogen (secondary N) is 2. The lowest BCUT2D eigenvalue weighted by Crippen LogP contribution is -2.33. The van der Waals surface area contributed by atoms with E-state index in [1.54, 1.807) is 12.1 Å². The van der Waals surface area contributed by atoms with Crippen molar-refractivity contribution in [2.75, 3.05) is 13.1 Å². The normalized spacial score (nSPS) is 19.4. The zero-order chi connectivity index (χ0) is 10.5. The maximum absolute atomic E-state index is 12.9. The van der Waals surface area contributed by atoms with Gasteiger partial charge in [-0.3, -0.25) is 0 Å². The van der Waals surface area contributed by atoms with Crippen molar-refractivity contribution < 1.29 is 4.39 Å². The van der Waals surface area contributed by atoms with Gasteiger partial charge in [0, 0.05) is 19.1 Å². The Morgan fingerprint density at radius 2 is 2.31 bits per heavy atom. The molecule has 1 fully saturated rings. The maximum Gasteiger partial charge on any atom is 0.123 e. The van der Waals surface area contributed by atoms with Crippen LogP contribution in [0.1, 0.15) is 18.4 Å². The molecule has 2 nitrogen and oxygen atoms in total. The van der Waals surface area contributed by atoms with E-state index in [4.69, 9.17) is 0 Å². The summed E-state index contributed by atoms with van der Waals surface area (Å²) in [6, 6.07) is 7.34. The third-order valence-corrected chi connectivity index (χ3v) is 2.77. The Bertz CT molecular complexity index is 314. The lowest BCUT2D eigenvalue weighted by atomic mass is 10.2. The summed E-state index contributed by atoms with van der Waals surface area (Å²) in [6.45, 7) is 2.85. The van der Waals surface area contributed by atoms with Gasteiger partial charge in [0.2, 0.25) is 0 Å². The molecule has 2 N–H and O–H groups in total. The summed E-state index contributed by atoms with van der Waals surface area (Å²) >= 11 is 0. The molecule has 1 saturated heterocycles. The molecular formula is C12H18ClFN2. The molecule has 1 heterocycles. The minimum Gasteiger partial charge on any atom is -0.313 e. The van der Waals surface area contributed by atoms with Crippen LogP contribution in [0, 0.1) is 5.82 Å². The zero-order valence-corrected chi connectivity index (χ0v) is 10.0. The molecule has 1 aromatic rings. The van der Waals surface area contributed by atoms with Gasteiger partial charge in [-0.15, -0.1) is 12.4 Å². The number of rotatable bonds is 4. The first kappa shape index (κ1) is 13.4. The van der Waals surface area contributed by atoms with E-state index in [0.29, 0.717) is 6.04 Å². The van der Waals surface area contributed by atoms with Gasteiger partial charge in [-0.2, -0.15) is 0 Å². The van der Waals surface area contributed by atoms with Crippen molar-refractivity contribution in [3.05, 3.63) is 35.6 Å². The highest BCUT2D eigenvalue weighted by molar-refractivity contribution is 5.85. The highest BCUT2D eigenvalue weighted by atomic mass is 35.5. The lowest BCUT2D eigenvalue weighted by molar-refractivity contribution is 0.534. The van der Waals surface area contributed by atoms with Gasteiger partial charge in [-0.05, 0) is 37.1 Å². The number of hydrogen-bond acceptors (Lipinski definition) is 2. The summed E-state index contributed by atoms with van der Waals surface area (Å²) in [6.07, 6.45) is 2.52. The summed E-state index contributed by atoms with van der Waals surface area (Å²) in [7, 11) is 0. The first-order valence-corrected chi connectivity index (χ1v) is 5.53. The van der Waals surface area contributed by atoms with Crippen molar-refractivity contribution in [3.8, 4) is 0 Å². The Hall–Kier alpha value is -0.640. The first-order valence-electron chi connectivity index (χ1n) is 5.53. The molecular weight excluding hydrogens is 227 g/mol. The molecule has 1 atom stereocenters. The predicted octanol–water partition coefficient (Wildman–Crippen LogP) is 2.09. The Labute approximate surface area is 102 Å². The largest absolute Gasteiger partial charge is 0.313 e. The molecule has 2 rings (SSSR count). The van der Waals surface area contributed by atoms with Crippen LogP contribution in [0.5, 0.6) is 0 Å². The Kier molecular flexibility index (Phi) is 5.74. The van der Waals surface area contributed by atoms with Crippen LogP contribution < -0.4 is 10.6 Å². The molecule has 0 spiro atoms. The predicted molar refractivity (Wildman–Crippen MR) is 66.4 cm³/mol. The molecule has 90 valence electrons. The van der Waals surface area contributed by atoms with Crippen LogP contribution in [-0.2, 0) is 6.54 Å². The fourth-order valence-electron chi connectivity index (χ4n) is 1.97. The van der Waals surface area contributed by atoms with E-state index in [1.165, 1.54) is 18.9 Å². The number of hydrogen-bond donors (Lipinski definition) is 2. The van der Waals surface area contributed by atoms with Crippen LogP contribution in [0.3, 0.4) is 0 Å². The minimum absolute atomic E-state index is 0. The second-order valence-electron chi connectivity index (χ2n) is 4.05. The van der Waals surface area contributed by atoms with Gasteiger partial charge >= 0.3 is 0 Å². The Morgan fingerprint density at radius 3 is 3.00 bits per heavy atom. The smallest absolute Gasteiger partial charge is 0.123 e. The molecule has 1 aromatic carbocycles. The topological polar surface area (TPSA) is 24.1 Å². The molecule has 1 aliphatic heterocycles. The van der Waals surface area contributed by atoms with Gasteiger partial charge < -0.3 is 10.6 Å². The first-order chi connectivity index (χ1) is 7.34. The fraction of sp³-hybridized carbons (Fsp3) is 0.500. The van der Waals surface area contributed by atoms with Crippen LogP contribution in [0.15, 0.2) is 24.3 Å². The third-order valence-electron chi connectivity index (χ3n) is 2.77. The molecule has 16 heavy (non-hydrogen) atoms. The van der Waals surface area contributed by atoms with Crippen LogP contribution in [-0.4, -0.2) is 19.1 Å². The third kappa shape index (κ3) is 4.08. The molecule has 0 radical (unpaired) electrons. The van der Waals surface area contributed by atoms with Crippen LogP contribution in [0.4, 0.5) is 4.39 Å². The van der Waals surface area contributed by atoms with E-state index in [-0.39, 0.29) is 18.2 Å². The summed E-state index contributed by atoms with van der Waals surface area (Å²) in [5.74, 6) is -0.159. The molecule has 0 aliphatic carbocycles. The molecule has 0 aromatic heterocycles. The van der Waals surface area contributed by atoms with Crippen molar-refractivity contribution in [3.63, 3.8) is 0 Å². The molecule has 0 saturated carbocycles. The molecule has 0 amide bonds. The molecule has 4 heteroatoms. The van der Waals surface area contributed by atoms with Crippen LogP contribution >= 0.6 is 12.4 Å². The Morgan fingerprint density at radius 1 is 1.44 bits per heavy atom. The maximum atomic E-state index is 12.9. The number of benzene rings is 1. The van der Waals surface area contributed by atoms with Gasteiger partial charge in [0.1, 0.15) is 5.82 Å². The van der Waals surface area contributed by atoms with Gasteiger partial charge in [-0.25, -0.2) is 4.39 Å². The Balaban J connectivity index is 0.00000128. The van der Waals surface area contributed by atoms with Gasteiger partial charge in [0.05, 0.1) is 0 Å². The van der Waals surface area contributed by atoms with Gasteiger partial charge in [0.15, 0.2) is 0 Å². The lowest BCUT2D eigenvalue weighted by Gasteiger charge is -2.11. The average Bonchev–Trinajstić information content (AvgIpc) is 2.71. The quantitative estimate of drug-likeness (QED) is 0.848. The highest BCUT2D eigenvalue weighted by Gasteiger charge is 2.12. The van der Waals surface area contributed by atoms with Crippen molar-refractivity contribution >= 4 is 12.4 Å². The average molecular weight is 245 g/mol. The number of halogens is 2. The van der Waals surface area contributed by atoms with Crippen molar-refractivity contribution in [1.29, 1.82) is 0 Å². The zero-order valence-electron chi connectivity index (χ0n) is 9.21. The van der Waals surface area contributed by atoms with Crippen molar-refractivity contribution in [2.24, 2.45) is 0 Å². The van der Waals surface area contributed by atoms with Gasteiger partial charge in [0.25, 0.3) is 0 Å². The van der Waals surface area contributed by atoms with Crippen LogP contribution in [0.25, 0.3) is 0 Å². The molecule has 1 aliphatic rings. The van der Waals surface area contributed by atoms with Crippen molar-refractivity contribution in [2.45, 2.75) is 25.4 Å².